The number of hydrogen-bond donors (Lipinski definition) is 0. The minimum absolute atomic E-state index is 0.217. The second kappa shape index (κ2) is 6.85. The van der Waals surface area contributed by atoms with E-state index in [1.165, 1.54) is 19.3 Å². The molecule has 0 aromatic heterocycles. The first-order chi connectivity index (χ1) is 9.28. The maximum Gasteiger partial charge on any atom is 0.181 e. The van der Waals surface area contributed by atoms with E-state index in [1.54, 1.807) is 5.70 Å². The summed E-state index contributed by atoms with van der Waals surface area (Å²) < 4.78 is 34.9. The van der Waals surface area contributed by atoms with Gasteiger partial charge in [0.05, 0.1) is 13.1 Å². The van der Waals surface area contributed by atoms with Crippen LogP contribution in [-0.2, 0) is 0 Å². The Kier molecular flexibility index (Phi) is 5.95. The van der Waals surface area contributed by atoms with Crippen molar-refractivity contribution in [3.05, 3.63) is 11.8 Å². The lowest BCUT2D eigenvalue weighted by Crippen LogP contribution is -2.68. The molecule has 114 valence electrons. The monoisotopic (exact) mass is 304 g/mol. The average Bonchev–Trinajstić information content (AvgIpc) is 2.70. The molecule has 1 heterocycles. The summed E-state index contributed by atoms with van der Waals surface area (Å²) in [5.41, 5.74) is 1.58. The second-order valence-corrected chi connectivity index (χ2v) is 5.94. The summed E-state index contributed by atoms with van der Waals surface area (Å²) in [6.45, 7) is 6.62. The lowest BCUT2D eigenvalue weighted by Gasteiger charge is -2.37. The zero-order valence-electron chi connectivity index (χ0n) is 11.9. The molecule has 1 aliphatic heterocycles. The van der Waals surface area contributed by atoms with Gasteiger partial charge in [-0.1, -0.05) is 0 Å². The van der Waals surface area contributed by atoms with Crippen molar-refractivity contribution >= 4 is 0 Å². The van der Waals surface area contributed by atoms with E-state index in [1.807, 2.05) is 0 Å². The van der Waals surface area contributed by atoms with Crippen molar-refractivity contribution in [3.63, 3.8) is 0 Å². The highest BCUT2D eigenvalue weighted by Gasteiger charge is 2.50. The quantitative estimate of drug-likeness (QED) is 0.551. The highest BCUT2D eigenvalue weighted by molar-refractivity contribution is 5.12. The van der Waals surface area contributed by atoms with Crippen LogP contribution in [0.25, 0.3) is 0 Å². The summed E-state index contributed by atoms with van der Waals surface area (Å²) in [5.74, 6) is 0.711. The third-order valence-electron chi connectivity index (χ3n) is 4.42. The van der Waals surface area contributed by atoms with Gasteiger partial charge in [0.2, 0.25) is 0 Å². The lowest BCUT2D eigenvalue weighted by atomic mass is 9.91. The van der Waals surface area contributed by atoms with Crippen molar-refractivity contribution in [2.24, 2.45) is 5.92 Å². The molecule has 2 rings (SSSR count). The van der Waals surface area contributed by atoms with Crippen molar-refractivity contribution in [2.45, 2.75) is 45.6 Å². The molecule has 0 aromatic rings. The minimum Gasteiger partial charge on any atom is -0.281 e. The molecule has 0 radical (unpaired) electrons. The van der Waals surface area contributed by atoms with E-state index in [9.17, 15) is 5.26 Å². The van der Waals surface area contributed by atoms with E-state index in [0.717, 1.165) is 24.0 Å². The molecular formula is C13H21ClN2O4. The van der Waals surface area contributed by atoms with Crippen LogP contribution in [-0.4, -0.2) is 23.6 Å². The number of hydrogen-bond acceptors (Lipinski definition) is 5. The Morgan fingerprint density at radius 2 is 1.85 bits per heavy atom. The van der Waals surface area contributed by atoms with E-state index in [4.69, 9.17) is 18.6 Å². The molecule has 2 aliphatic rings. The molecule has 0 saturated carbocycles. The fraction of sp³-hybridized carbons (Fsp3) is 0.769. The Morgan fingerprint density at radius 3 is 2.30 bits per heavy atom. The molecule has 6 nitrogen and oxygen atoms in total. The summed E-state index contributed by atoms with van der Waals surface area (Å²) in [7, 11) is -4.94. The molecule has 2 atom stereocenters. The van der Waals surface area contributed by atoms with Gasteiger partial charge < -0.3 is 0 Å². The molecule has 20 heavy (non-hydrogen) atoms. The van der Waals surface area contributed by atoms with Crippen molar-refractivity contribution in [3.8, 4) is 6.07 Å². The Hall–Kier alpha value is -0.680. The maximum absolute atomic E-state index is 9.32. The number of nitrogens with zero attached hydrogens (tertiary/aromatic N) is 2. The number of halogens is 1. The van der Waals surface area contributed by atoms with Gasteiger partial charge in [0.25, 0.3) is 0 Å². The van der Waals surface area contributed by atoms with Crippen LogP contribution in [0.4, 0.5) is 0 Å². The summed E-state index contributed by atoms with van der Waals surface area (Å²) in [5, 5.41) is 9.32. The average molecular weight is 305 g/mol. The van der Waals surface area contributed by atoms with Crippen LogP contribution in [0.2, 0.25) is 0 Å². The number of fused-ring (bicyclic) bond motifs is 1. The van der Waals surface area contributed by atoms with Gasteiger partial charge in [-0.05, 0) is 39.2 Å². The minimum atomic E-state index is -4.94. The molecule has 0 bridgehead atoms. The SMILES string of the molecule is CC[N+]1(CC)C2=CCCCC2CC1C#N.[O-][Cl+3]([O-])([O-])[O-]. The number of allylic oxidation sites excluding steroid dienone is 2. The van der Waals surface area contributed by atoms with Gasteiger partial charge in [-0.2, -0.15) is 5.26 Å². The Bertz CT molecular complexity index is 390. The van der Waals surface area contributed by atoms with E-state index < -0.39 is 10.2 Å². The molecule has 1 fully saturated rings. The van der Waals surface area contributed by atoms with E-state index in [-0.39, 0.29) is 6.04 Å². The van der Waals surface area contributed by atoms with Gasteiger partial charge in [-0.3, -0.25) is 4.48 Å². The fourth-order valence-corrected chi connectivity index (χ4v) is 3.56. The van der Waals surface area contributed by atoms with Gasteiger partial charge in [0.1, 0.15) is 11.8 Å². The van der Waals surface area contributed by atoms with Crippen LogP contribution in [0.15, 0.2) is 11.8 Å². The standard InChI is InChI=1S/C13H21N2.ClHO4/c1-3-15(4-2)12(10-14)9-11-7-5-6-8-13(11)15;2-1(3,4)5/h8,11-12H,3-7,9H2,1-2H3;(H,2,3,4,5)/q+1;/p-1. The van der Waals surface area contributed by atoms with Gasteiger partial charge in [-0.25, -0.2) is 18.6 Å². The first-order valence-corrected chi connectivity index (χ1v) is 8.10. The number of rotatable bonds is 2. The summed E-state index contributed by atoms with van der Waals surface area (Å²) in [6.07, 6.45) is 7.39. The molecular weight excluding hydrogens is 284 g/mol. The highest BCUT2D eigenvalue weighted by atomic mass is 35.7. The van der Waals surface area contributed by atoms with Crippen molar-refractivity contribution in [1.29, 1.82) is 5.26 Å². The Morgan fingerprint density at radius 1 is 1.30 bits per heavy atom. The van der Waals surface area contributed by atoms with Crippen molar-refractivity contribution in [2.75, 3.05) is 13.1 Å². The molecule has 0 aromatic carbocycles. The van der Waals surface area contributed by atoms with Crippen LogP contribution >= 0.6 is 0 Å². The zero-order chi connectivity index (χ0) is 15.4. The number of nitriles is 1. The summed E-state index contributed by atoms with van der Waals surface area (Å²) in [4.78, 5) is 0. The largest absolute Gasteiger partial charge is 0.281 e. The fourth-order valence-electron chi connectivity index (χ4n) is 3.56. The second-order valence-electron chi connectivity index (χ2n) is 5.18. The van der Waals surface area contributed by atoms with Crippen LogP contribution in [0.1, 0.15) is 39.5 Å². The zero-order valence-corrected chi connectivity index (χ0v) is 12.6. The topological polar surface area (TPSA) is 116 Å². The van der Waals surface area contributed by atoms with E-state index >= 15 is 0 Å². The van der Waals surface area contributed by atoms with Crippen LogP contribution < -0.4 is 18.6 Å². The summed E-state index contributed by atoms with van der Waals surface area (Å²) >= 11 is 0. The number of likely N-dealkylation sites (tertiary alicyclic amines) is 1. The van der Waals surface area contributed by atoms with Crippen LogP contribution in [0, 0.1) is 27.5 Å². The molecule has 7 heteroatoms. The highest BCUT2D eigenvalue weighted by Crippen LogP contribution is 2.45. The Balaban J connectivity index is 0.000000347. The van der Waals surface area contributed by atoms with Gasteiger partial charge in [0.15, 0.2) is 6.04 Å². The number of quaternary nitrogens is 1. The normalized spacial score (nSPS) is 27.8. The molecule has 0 spiro atoms. The van der Waals surface area contributed by atoms with Gasteiger partial charge in [0, 0.05) is 12.3 Å². The third-order valence-corrected chi connectivity index (χ3v) is 4.42. The van der Waals surface area contributed by atoms with Gasteiger partial charge in [-0.15, -0.1) is 10.2 Å². The first-order valence-electron chi connectivity index (χ1n) is 6.87. The lowest BCUT2D eigenvalue weighted by molar-refractivity contribution is -2.00. The summed E-state index contributed by atoms with van der Waals surface area (Å²) in [6, 6.07) is 2.76. The maximum atomic E-state index is 9.32. The predicted octanol–water partition coefficient (Wildman–Crippen LogP) is -1.93. The van der Waals surface area contributed by atoms with Gasteiger partial charge >= 0.3 is 0 Å². The molecule has 0 N–H and O–H groups in total. The van der Waals surface area contributed by atoms with E-state index in [0.29, 0.717) is 5.92 Å². The Labute approximate surface area is 121 Å². The molecule has 1 saturated heterocycles. The van der Waals surface area contributed by atoms with Crippen molar-refractivity contribution < 1.29 is 33.4 Å². The van der Waals surface area contributed by atoms with Crippen LogP contribution in [0.3, 0.4) is 0 Å². The van der Waals surface area contributed by atoms with E-state index in [2.05, 4.69) is 26.0 Å². The first kappa shape index (κ1) is 17.4. The third kappa shape index (κ3) is 3.92. The predicted molar refractivity (Wildman–Crippen MR) is 60.8 cm³/mol. The van der Waals surface area contributed by atoms with Crippen molar-refractivity contribution in [1.82, 2.24) is 0 Å². The molecule has 0 amide bonds. The molecule has 1 aliphatic carbocycles. The smallest absolute Gasteiger partial charge is 0.181 e. The molecule has 2 unspecified atom stereocenters. The van der Waals surface area contributed by atoms with Crippen LogP contribution in [0.5, 0.6) is 0 Å².